The molecule has 6 nitrogen and oxygen atoms in total. The van der Waals surface area contributed by atoms with Crippen LogP contribution >= 0.6 is 22.6 Å². The number of nitrogens with one attached hydrogen (secondary N) is 1. The molecule has 0 saturated carbocycles. The van der Waals surface area contributed by atoms with Gasteiger partial charge in [0.25, 0.3) is 5.91 Å². The van der Waals surface area contributed by atoms with E-state index in [4.69, 9.17) is 14.2 Å². The number of benzene rings is 3. The molecule has 0 unspecified atom stereocenters. The van der Waals surface area contributed by atoms with Crippen molar-refractivity contribution in [2.75, 3.05) is 19.5 Å². The van der Waals surface area contributed by atoms with Crippen LogP contribution in [0.2, 0.25) is 0 Å². The average Bonchev–Trinajstić information content (AvgIpc) is 2.82. The zero-order valence-electron chi connectivity index (χ0n) is 17.9. The van der Waals surface area contributed by atoms with Crippen molar-refractivity contribution in [2.45, 2.75) is 6.61 Å². The molecule has 0 saturated heterocycles. The molecule has 8 heteroatoms. The van der Waals surface area contributed by atoms with E-state index in [1.807, 2.05) is 6.07 Å². The largest absolute Gasteiger partial charge is 0.497 e. The maximum absolute atomic E-state index is 13.9. The van der Waals surface area contributed by atoms with Gasteiger partial charge in [-0.25, -0.2) is 4.39 Å². The van der Waals surface area contributed by atoms with E-state index in [0.29, 0.717) is 37.6 Å². The van der Waals surface area contributed by atoms with Gasteiger partial charge < -0.3 is 19.5 Å². The predicted octanol–water partition coefficient (Wildman–Crippen LogP) is 5.57. The third-order valence-electron chi connectivity index (χ3n) is 4.61. The fraction of sp³-hybridized carbons (Fsp3) is 0.120. The van der Waals surface area contributed by atoms with Gasteiger partial charge in [0.15, 0.2) is 11.5 Å². The van der Waals surface area contributed by atoms with Crippen LogP contribution in [0.15, 0.2) is 66.2 Å². The number of nitriles is 1. The third-order valence-corrected chi connectivity index (χ3v) is 5.41. The Morgan fingerprint density at radius 3 is 2.48 bits per heavy atom. The van der Waals surface area contributed by atoms with Gasteiger partial charge in [-0.05, 0) is 76.7 Å². The molecule has 0 bridgehead atoms. The first-order valence-electron chi connectivity index (χ1n) is 9.76. The second-order valence-corrected chi connectivity index (χ2v) is 7.93. The molecule has 1 amide bonds. The van der Waals surface area contributed by atoms with Crippen molar-refractivity contribution in [1.82, 2.24) is 0 Å². The Labute approximate surface area is 204 Å². The molecule has 0 heterocycles. The lowest BCUT2D eigenvalue weighted by molar-refractivity contribution is -0.112. The molecule has 3 aromatic rings. The van der Waals surface area contributed by atoms with Crippen LogP contribution in [0.3, 0.4) is 0 Å². The number of nitrogens with zero attached hydrogens (tertiary/aromatic N) is 1. The monoisotopic (exact) mass is 558 g/mol. The fourth-order valence-electron chi connectivity index (χ4n) is 2.92. The zero-order chi connectivity index (χ0) is 23.8. The van der Waals surface area contributed by atoms with E-state index in [1.165, 1.54) is 19.3 Å². The quantitative estimate of drug-likeness (QED) is 0.222. The highest BCUT2D eigenvalue weighted by Gasteiger charge is 2.15. The Balaban J connectivity index is 1.80. The van der Waals surface area contributed by atoms with Gasteiger partial charge >= 0.3 is 0 Å². The summed E-state index contributed by atoms with van der Waals surface area (Å²) in [6.07, 6.45) is 1.46. The summed E-state index contributed by atoms with van der Waals surface area (Å²) in [7, 11) is 3.03. The third kappa shape index (κ3) is 6.23. The lowest BCUT2D eigenvalue weighted by Gasteiger charge is -2.14. The Kier molecular flexibility index (Phi) is 8.27. The van der Waals surface area contributed by atoms with E-state index in [2.05, 4.69) is 27.9 Å². The Morgan fingerprint density at radius 1 is 1.12 bits per heavy atom. The fourth-order valence-corrected chi connectivity index (χ4v) is 3.70. The molecular formula is C25H20FIN2O4. The number of carbonyl (C=O) groups is 1. The van der Waals surface area contributed by atoms with Crippen LogP contribution in [-0.2, 0) is 11.4 Å². The summed E-state index contributed by atoms with van der Waals surface area (Å²) in [5.74, 6) is 0.601. The number of hydrogen-bond donors (Lipinski definition) is 1. The standard InChI is InChI=1S/C25H20FIN2O4/c1-31-20-9-7-19(8-10-20)29-25(30)18(14-28)11-16-12-22(27)24(23(13-16)32-2)33-15-17-5-3-4-6-21(17)26/h3-13H,15H2,1-2H3,(H,29,30)/b18-11-. The van der Waals surface area contributed by atoms with E-state index < -0.39 is 5.91 Å². The molecule has 168 valence electrons. The number of halogens is 2. The molecule has 0 aromatic heterocycles. The van der Waals surface area contributed by atoms with E-state index in [-0.39, 0.29) is 18.0 Å². The average molecular weight is 558 g/mol. The number of ether oxygens (including phenoxy) is 3. The summed E-state index contributed by atoms with van der Waals surface area (Å²) >= 11 is 2.06. The van der Waals surface area contributed by atoms with Gasteiger partial charge in [-0.1, -0.05) is 18.2 Å². The van der Waals surface area contributed by atoms with Crippen molar-refractivity contribution in [1.29, 1.82) is 5.26 Å². The number of methoxy groups -OCH3 is 2. The molecule has 3 rings (SSSR count). The first-order valence-corrected chi connectivity index (χ1v) is 10.8. The lowest BCUT2D eigenvalue weighted by Crippen LogP contribution is -2.13. The summed E-state index contributed by atoms with van der Waals surface area (Å²) in [6.45, 7) is 0.0297. The molecule has 0 atom stereocenters. The first-order chi connectivity index (χ1) is 15.9. The van der Waals surface area contributed by atoms with Crippen LogP contribution < -0.4 is 19.5 Å². The van der Waals surface area contributed by atoms with Gasteiger partial charge in [0.05, 0.1) is 17.8 Å². The molecule has 0 aliphatic rings. The molecule has 0 radical (unpaired) electrons. The number of rotatable bonds is 8. The molecule has 0 aliphatic carbocycles. The number of hydrogen-bond acceptors (Lipinski definition) is 5. The van der Waals surface area contributed by atoms with Crippen molar-refractivity contribution in [3.05, 3.63) is 86.8 Å². The van der Waals surface area contributed by atoms with Gasteiger partial charge in [0, 0.05) is 11.3 Å². The SMILES string of the molecule is COc1ccc(NC(=O)/C(C#N)=C\c2cc(I)c(OCc3ccccc3F)c(OC)c2)cc1. The van der Waals surface area contributed by atoms with Crippen LogP contribution in [0.5, 0.6) is 17.2 Å². The Bertz CT molecular complexity index is 1220. The van der Waals surface area contributed by atoms with Gasteiger partial charge in [-0.3, -0.25) is 4.79 Å². The van der Waals surface area contributed by atoms with Gasteiger partial charge in [0.2, 0.25) is 0 Å². The van der Waals surface area contributed by atoms with Crippen LogP contribution in [0.1, 0.15) is 11.1 Å². The van der Waals surface area contributed by atoms with E-state index in [1.54, 1.807) is 61.7 Å². The molecule has 1 N–H and O–H groups in total. The van der Waals surface area contributed by atoms with E-state index in [9.17, 15) is 14.4 Å². The summed E-state index contributed by atoms with van der Waals surface area (Å²) < 4.78 is 30.9. The van der Waals surface area contributed by atoms with Gasteiger partial charge in [0.1, 0.15) is 29.8 Å². The second kappa shape index (κ2) is 11.3. The van der Waals surface area contributed by atoms with E-state index in [0.717, 1.165) is 0 Å². The molecular weight excluding hydrogens is 538 g/mol. The molecule has 3 aromatic carbocycles. The van der Waals surface area contributed by atoms with Crippen molar-refractivity contribution < 1.29 is 23.4 Å². The topological polar surface area (TPSA) is 80.6 Å². The minimum atomic E-state index is -0.545. The minimum absolute atomic E-state index is 0.0297. The number of anilines is 1. The van der Waals surface area contributed by atoms with Crippen LogP contribution in [-0.4, -0.2) is 20.1 Å². The second-order valence-electron chi connectivity index (χ2n) is 6.77. The zero-order valence-corrected chi connectivity index (χ0v) is 20.1. The normalized spacial score (nSPS) is 10.8. The molecule has 0 fully saturated rings. The van der Waals surface area contributed by atoms with Crippen LogP contribution in [0.4, 0.5) is 10.1 Å². The highest BCUT2D eigenvalue weighted by atomic mass is 127. The summed E-state index contributed by atoms with van der Waals surface area (Å²) in [5.41, 5.74) is 1.45. The predicted molar refractivity (Wildman–Crippen MR) is 132 cm³/mol. The summed E-state index contributed by atoms with van der Waals surface area (Å²) in [6, 6.07) is 18.5. The minimum Gasteiger partial charge on any atom is -0.497 e. The number of carbonyl (C=O) groups excluding carboxylic acids is 1. The smallest absolute Gasteiger partial charge is 0.266 e. The van der Waals surface area contributed by atoms with E-state index >= 15 is 0 Å². The van der Waals surface area contributed by atoms with Crippen molar-refractivity contribution in [3.63, 3.8) is 0 Å². The Hall–Kier alpha value is -3.58. The van der Waals surface area contributed by atoms with Crippen molar-refractivity contribution in [2.24, 2.45) is 0 Å². The van der Waals surface area contributed by atoms with Crippen LogP contribution in [0, 0.1) is 20.7 Å². The maximum Gasteiger partial charge on any atom is 0.266 e. The summed E-state index contributed by atoms with van der Waals surface area (Å²) in [5, 5.41) is 12.2. The molecule has 0 aliphatic heterocycles. The van der Waals surface area contributed by atoms with Gasteiger partial charge in [-0.2, -0.15) is 5.26 Å². The molecule has 0 spiro atoms. The number of amides is 1. The van der Waals surface area contributed by atoms with Crippen molar-refractivity contribution >= 4 is 40.3 Å². The highest BCUT2D eigenvalue weighted by Crippen LogP contribution is 2.35. The van der Waals surface area contributed by atoms with Crippen molar-refractivity contribution in [3.8, 4) is 23.3 Å². The maximum atomic E-state index is 13.9. The van der Waals surface area contributed by atoms with Crippen LogP contribution in [0.25, 0.3) is 6.08 Å². The van der Waals surface area contributed by atoms with Gasteiger partial charge in [-0.15, -0.1) is 0 Å². The summed E-state index contributed by atoms with van der Waals surface area (Å²) in [4.78, 5) is 12.6. The molecule has 33 heavy (non-hydrogen) atoms. The highest BCUT2D eigenvalue weighted by molar-refractivity contribution is 14.1. The Morgan fingerprint density at radius 2 is 1.85 bits per heavy atom. The first kappa shape index (κ1) is 24.1. The lowest BCUT2D eigenvalue weighted by atomic mass is 10.1.